The number of nitrogens with zero attached hydrogens (tertiary/aromatic N) is 1. The molecule has 4 aliphatic rings. The Morgan fingerprint density at radius 3 is 2.73 bits per heavy atom. The van der Waals surface area contributed by atoms with Crippen molar-refractivity contribution in [2.24, 2.45) is 0 Å². The standard InChI is InChI=1S/C24H29NO8/c1-23(28,12-19(26)30-3)22(27)33-21-18(29-2)11-24-6-4-7-25(24)8-5-14-9-16-17(32-13-31-16)10-15(14)20(21)24/h9-11,20-21,28H,4-8,12-13H2,1-3H3/t20-,21-,23?,24+/m1/s1. The Kier molecular flexibility index (Phi) is 5.29. The van der Waals surface area contributed by atoms with Gasteiger partial charge >= 0.3 is 11.9 Å². The lowest BCUT2D eigenvalue weighted by molar-refractivity contribution is -0.175. The molecule has 4 atom stereocenters. The lowest BCUT2D eigenvalue weighted by Gasteiger charge is -2.39. The minimum Gasteiger partial charge on any atom is -0.497 e. The number of rotatable bonds is 5. The average molecular weight is 459 g/mol. The van der Waals surface area contributed by atoms with Gasteiger partial charge in [-0.15, -0.1) is 0 Å². The summed E-state index contributed by atoms with van der Waals surface area (Å²) in [7, 11) is 2.76. The zero-order valence-corrected chi connectivity index (χ0v) is 19.1. The number of ether oxygens (including phenoxy) is 5. The third kappa shape index (κ3) is 3.45. The van der Waals surface area contributed by atoms with Gasteiger partial charge in [-0.25, -0.2) is 4.79 Å². The molecule has 33 heavy (non-hydrogen) atoms. The predicted octanol–water partition coefficient (Wildman–Crippen LogP) is 1.66. The second-order valence-electron chi connectivity index (χ2n) is 9.32. The van der Waals surface area contributed by atoms with Crippen molar-refractivity contribution in [1.82, 2.24) is 4.90 Å². The van der Waals surface area contributed by atoms with Crippen molar-refractivity contribution < 1.29 is 38.4 Å². The number of carbonyl (C=O) groups is 2. The molecule has 0 aromatic heterocycles. The molecule has 3 heterocycles. The van der Waals surface area contributed by atoms with E-state index in [9.17, 15) is 14.7 Å². The molecule has 0 bridgehead atoms. The first-order valence-electron chi connectivity index (χ1n) is 11.2. The van der Waals surface area contributed by atoms with E-state index < -0.39 is 30.1 Å². The van der Waals surface area contributed by atoms with Crippen molar-refractivity contribution in [3.05, 3.63) is 35.1 Å². The van der Waals surface area contributed by atoms with Crippen LogP contribution in [-0.4, -0.2) is 73.3 Å². The second kappa shape index (κ2) is 7.92. The summed E-state index contributed by atoms with van der Waals surface area (Å²) in [6.45, 7) is 3.23. The van der Waals surface area contributed by atoms with Crippen molar-refractivity contribution in [1.29, 1.82) is 0 Å². The Bertz CT molecular complexity index is 1020. The Labute approximate surface area is 192 Å². The largest absolute Gasteiger partial charge is 0.497 e. The molecule has 178 valence electrons. The smallest absolute Gasteiger partial charge is 0.339 e. The summed E-state index contributed by atoms with van der Waals surface area (Å²) < 4.78 is 27.5. The molecule has 1 N–H and O–H groups in total. The van der Waals surface area contributed by atoms with Crippen LogP contribution < -0.4 is 9.47 Å². The highest BCUT2D eigenvalue weighted by atomic mass is 16.7. The average Bonchev–Trinajstić information content (AvgIpc) is 3.47. The first kappa shape index (κ1) is 22.0. The third-order valence-corrected chi connectivity index (χ3v) is 7.35. The van der Waals surface area contributed by atoms with Gasteiger partial charge < -0.3 is 28.8 Å². The Morgan fingerprint density at radius 1 is 1.24 bits per heavy atom. The van der Waals surface area contributed by atoms with Gasteiger partial charge in [-0.05, 0) is 62.1 Å². The predicted molar refractivity (Wildman–Crippen MR) is 115 cm³/mol. The molecule has 5 rings (SSSR count). The molecule has 1 aromatic carbocycles. The summed E-state index contributed by atoms with van der Waals surface area (Å²) in [5.74, 6) is 0.0894. The van der Waals surface area contributed by atoms with Crippen LogP contribution in [0.1, 0.15) is 43.2 Å². The van der Waals surface area contributed by atoms with E-state index >= 15 is 0 Å². The van der Waals surface area contributed by atoms with Gasteiger partial charge in [0.1, 0.15) is 5.76 Å². The number of methoxy groups -OCH3 is 2. The minimum atomic E-state index is -2.03. The van der Waals surface area contributed by atoms with E-state index in [0.29, 0.717) is 11.5 Å². The number of hydrogen-bond donors (Lipinski definition) is 1. The quantitative estimate of drug-likeness (QED) is 0.659. The molecule has 1 aromatic rings. The summed E-state index contributed by atoms with van der Waals surface area (Å²) in [5, 5.41) is 10.7. The van der Waals surface area contributed by atoms with E-state index in [-0.39, 0.29) is 18.2 Å². The second-order valence-corrected chi connectivity index (χ2v) is 9.32. The molecule has 1 saturated heterocycles. The molecule has 1 aliphatic carbocycles. The van der Waals surface area contributed by atoms with Gasteiger partial charge in [0.05, 0.1) is 32.1 Å². The van der Waals surface area contributed by atoms with E-state index in [1.165, 1.54) is 14.0 Å². The van der Waals surface area contributed by atoms with Crippen LogP contribution in [0.5, 0.6) is 11.5 Å². The minimum absolute atomic E-state index is 0.177. The molecular weight excluding hydrogens is 430 g/mol. The summed E-state index contributed by atoms with van der Waals surface area (Å²) >= 11 is 0. The molecule has 0 radical (unpaired) electrons. The number of hydrogen-bond acceptors (Lipinski definition) is 9. The molecule has 3 aliphatic heterocycles. The van der Waals surface area contributed by atoms with E-state index in [1.54, 1.807) is 7.11 Å². The van der Waals surface area contributed by atoms with Crippen molar-refractivity contribution in [3.8, 4) is 11.5 Å². The fraction of sp³-hybridized carbons (Fsp3) is 0.583. The van der Waals surface area contributed by atoms with Crippen LogP contribution in [0.3, 0.4) is 0 Å². The van der Waals surface area contributed by atoms with Crippen LogP contribution in [-0.2, 0) is 30.2 Å². The van der Waals surface area contributed by atoms with E-state index in [1.807, 2.05) is 12.1 Å². The molecule has 0 saturated carbocycles. The van der Waals surface area contributed by atoms with E-state index in [2.05, 4.69) is 15.7 Å². The van der Waals surface area contributed by atoms with E-state index in [0.717, 1.165) is 49.2 Å². The maximum Gasteiger partial charge on any atom is 0.339 e. The molecule has 9 nitrogen and oxygen atoms in total. The van der Waals surface area contributed by atoms with Gasteiger partial charge in [-0.2, -0.15) is 0 Å². The van der Waals surface area contributed by atoms with Crippen LogP contribution in [0.4, 0.5) is 0 Å². The number of carbonyl (C=O) groups excluding carboxylic acids is 2. The molecule has 0 amide bonds. The van der Waals surface area contributed by atoms with Crippen LogP contribution in [0.2, 0.25) is 0 Å². The highest BCUT2D eigenvalue weighted by Gasteiger charge is 2.58. The summed E-state index contributed by atoms with van der Waals surface area (Å²) in [6.07, 6.45) is 3.57. The first-order chi connectivity index (χ1) is 15.8. The monoisotopic (exact) mass is 459 g/mol. The highest BCUT2D eigenvalue weighted by molar-refractivity contribution is 5.85. The zero-order chi connectivity index (χ0) is 23.4. The van der Waals surface area contributed by atoms with Crippen molar-refractivity contribution >= 4 is 11.9 Å². The van der Waals surface area contributed by atoms with Gasteiger partial charge in [0.15, 0.2) is 23.2 Å². The number of fused-ring (bicyclic) bond motifs is 3. The normalized spacial score (nSPS) is 29.2. The van der Waals surface area contributed by atoms with Crippen molar-refractivity contribution in [2.75, 3.05) is 34.1 Å². The topological polar surface area (TPSA) is 104 Å². The zero-order valence-electron chi connectivity index (χ0n) is 19.1. The van der Waals surface area contributed by atoms with Crippen molar-refractivity contribution in [2.45, 2.75) is 55.8 Å². The summed E-state index contributed by atoms with van der Waals surface area (Å²) in [6, 6.07) is 4.01. The molecule has 1 unspecified atom stereocenters. The first-order valence-corrected chi connectivity index (χ1v) is 11.2. The maximum atomic E-state index is 13.1. The van der Waals surface area contributed by atoms with Crippen LogP contribution in [0.25, 0.3) is 0 Å². The Balaban J connectivity index is 1.56. The van der Waals surface area contributed by atoms with E-state index in [4.69, 9.17) is 18.9 Å². The molecule has 1 fully saturated rings. The lowest BCUT2D eigenvalue weighted by atomic mass is 9.77. The molecular formula is C24H29NO8. The van der Waals surface area contributed by atoms with Crippen LogP contribution in [0, 0.1) is 0 Å². The Hall–Kier alpha value is -2.78. The fourth-order valence-corrected chi connectivity index (χ4v) is 5.76. The third-order valence-electron chi connectivity index (χ3n) is 7.35. The SMILES string of the molecule is COC(=O)CC(C)(O)C(=O)O[C@@H]1C(OC)=C[C@]23CCCN2CCc2cc4c(cc2[C@H]13)OCO4. The summed E-state index contributed by atoms with van der Waals surface area (Å²) in [5.41, 5.74) is -0.258. The van der Waals surface area contributed by atoms with Crippen LogP contribution >= 0.6 is 0 Å². The van der Waals surface area contributed by atoms with Crippen molar-refractivity contribution in [3.63, 3.8) is 0 Å². The van der Waals surface area contributed by atoms with Gasteiger partial charge in [-0.1, -0.05) is 0 Å². The molecule has 1 spiro atoms. The lowest BCUT2D eigenvalue weighted by Crippen LogP contribution is -2.48. The van der Waals surface area contributed by atoms with Gasteiger partial charge in [0.2, 0.25) is 6.79 Å². The number of esters is 2. The highest BCUT2D eigenvalue weighted by Crippen LogP contribution is 2.55. The number of benzene rings is 1. The fourth-order valence-electron chi connectivity index (χ4n) is 5.76. The van der Waals surface area contributed by atoms with Gasteiger partial charge in [0.25, 0.3) is 0 Å². The maximum absolute atomic E-state index is 13.1. The summed E-state index contributed by atoms with van der Waals surface area (Å²) in [4.78, 5) is 27.2. The molecule has 9 heteroatoms. The Morgan fingerprint density at radius 2 is 2.00 bits per heavy atom. The van der Waals surface area contributed by atoms with Gasteiger partial charge in [-0.3, -0.25) is 9.69 Å². The van der Waals surface area contributed by atoms with Crippen LogP contribution in [0.15, 0.2) is 24.0 Å². The number of aliphatic hydroxyl groups is 1. The van der Waals surface area contributed by atoms with Gasteiger partial charge in [0, 0.05) is 6.54 Å².